The molecule has 530 valence electrons. The van der Waals surface area contributed by atoms with Gasteiger partial charge in [-0.1, -0.05) is 260 Å². The number of carbonyl (C=O) groups excluding carboxylic acids is 1. The number of unbranched alkanes of at least 4 members (excludes halogenated alkanes) is 15. The summed E-state index contributed by atoms with van der Waals surface area (Å²) in [6, 6.07) is -0.967. The zero-order chi connectivity index (χ0) is 68.0. The Kier molecular flexibility index (Phi) is 55.9. The minimum atomic E-state index is -1.81. The SMILES string of the molecule is CC/C=C\C/C=C\C/C=C\C/C=C\C/C=C\C/C=C\C/C=C\C/C=C\C/C=C\C/C=C\C/C=C\C/C=C\CCCCCCC(=O)NC(COC1OC(CO)C(OC2OC(CO)C(O)C(O)C2O)C(O)C1O)C(O)/C=C/CC/C=C/CC/C=C/CCCCCCCCCCC. The number of hydrogen-bond acceptors (Lipinski definition) is 13. The minimum Gasteiger partial charge on any atom is -0.394 e. The van der Waals surface area contributed by atoms with Gasteiger partial charge in [0.05, 0.1) is 32.0 Å². The van der Waals surface area contributed by atoms with Crippen LogP contribution in [-0.2, 0) is 23.7 Å². The standard InChI is InChI=1S/C80H127NO13/c1-3-5-7-9-11-13-15-17-19-21-23-24-25-26-27-28-29-30-31-32-33-34-35-36-37-38-39-40-41-42-43-44-46-48-50-52-54-56-58-60-62-64-72(85)81-68(69(84)63-61-59-57-55-53-51-49-47-45-22-20-18-16-14-12-10-8-6-4-2)67-91-79-77(90)75(88)78(71(66-83)93-79)94-80-76(89)74(87)73(86)70(65-82)92-80/h5,7,11,13,17,19,23-24,26-27,29-30,32-33,35-36,38-39,41-42,44-47,50,52-53,55,61,63,68-71,73-80,82-84,86-90H,3-4,6,8-10,12,14-16,18,20-22,25,28,31,34,37,40,43,48-49,51,54,56-60,62,64-67H2,1-2H3,(H,81,85)/b7-5-,13-11-,19-17-,24-23-,27-26-,30-29-,33-32-,36-35-,39-38-,42-41-,46-44-,47-45+,52-50-,55-53+,63-61+. The Morgan fingerprint density at radius 2 is 0.745 bits per heavy atom. The summed E-state index contributed by atoms with van der Waals surface area (Å²) in [7, 11) is 0. The van der Waals surface area contributed by atoms with E-state index in [0.717, 1.165) is 128 Å². The molecule has 0 aromatic rings. The average Bonchev–Trinajstić information content (AvgIpc) is 0.794. The fourth-order valence-electron chi connectivity index (χ4n) is 10.4. The molecule has 2 heterocycles. The molecule has 14 heteroatoms. The Balaban J connectivity index is 1.68. The number of rotatable bonds is 56. The van der Waals surface area contributed by atoms with E-state index in [1.54, 1.807) is 6.08 Å². The van der Waals surface area contributed by atoms with E-state index in [4.69, 9.17) is 18.9 Å². The quantitative estimate of drug-likeness (QED) is 0.0204. The van der Waals surface area contributed by atoms with Crippen LogP contribution in [0.1, 0.15) is 219 Å². The van der Waals surface area contributed by atoms with Crippen molar-refractivity contribution < 1.29 is 64.6 Å². The van der Waals surface area contributed by atoms with Crippen molar-refractivity contribution in [2.75, 3.05) is 19.8 Å². The van der Waals surface area contributed by atoms with Gasteiger partial charge >= 0.3 is 0 Å². The molecule has 0 spiro atoms. The molecule has 2 rings (SSSR count). The van der Waals surface area contributed by atoms with Crippen molar-refractivity contribution in [2.45, 2.75) is 293 Å². The number of carbonyl (C=O) groups is 1. The molecule has 2 saturated heterocycles. The van der Waals surface area contributed by atoms with Gasteiger partial charge < -0.3 is 65.1 Å². The van der Waals surface area contributed by atoms with Crippen molar-refractivity contribution in [3.63, 3.8) is 0 Å². The van der Waals surface area contributed by atoms with Gasteiger partial charge in [-0.3, -0.25) is 4.79 Å². The number of aliphatic hydroxyl groups is 8. The van der Waals surface area contributed by atoms with Gasteiger partial charge in [0.15, 0.2) is 12.6 Å². The number of amides is 1. The van der Waals surface area contributed by atoms with Gasteiger partial charge in [-0.2, -0.15) is 0 Å². The lowest BCUT2D eigenvalue weighted by atomic mass is 9.97. The van der Waals surface area contributed by atoms with Crippen LogP contribution >= 0.6 is 0 Å². The van der Waals surface area contributed by atoms with Crippen LogP contribution in [0.15, 0.2) is 182 Å². The number of nitrogens with one attached hydrogen (secondary N) is 1. The van der Waals surface area contributed by atoms with Crippen LogP contribution < -0.4 is 5.32 Å². The van der Waals surface area contributed by atoms with E-state index in [1.807, 2.05) is 6.08 Å². The van der Waals surface area contributed by atoms with Gasteiger partial charge in [0.2, 0.25) is 5.91 Å². The summed E-state index contributed by atoms with van der Waals surface area (Å²) in [5, 5.41) is 87.3. The van der Waals surface area contributed by atoms with E-state index in [9.17, 15) is 45.6 Å². The summed E-state index contributed by atoms with van der Waals surface area (Å²) in [6.07, 6.45) is 80.9. The molecule has 2 aliphatic heterocycles. The first-order valence-corrected chi connectivity index (χ1v) is 36.0. The molecule has 0 aliphatic carbocycles. The van der Waals surface area contributed by atoms with E-state index >= 15 is 0 Å². The molecular weight excluding hydrogens is 1180 g/mol. The van der Waals surface area contributed by atoms with E-state index in [0.29, 0.717) is 12.8 Å². The summed E-state index contributed by atoms with van der Waals surface area (Å²) in [4.78, 5) is 13.3. The van der Waals surface area contributed by atoms with Crippen LogP contribution in [0.25, 0.3) is 0 Å². The molecular formula is C80H127NO13. The predicted molar refractivity (Wildman–Crippen MR) is 386 cm³/mol. The Morgan fingerprint density at radius 1 is 0.394 bits per heavy atom. The predicted octanol–water partition coefficient (Wildman–Crippen LogP) is 15.3. The first kappa shape index (κ1) is 85.2. The molecule has 1 amide bonds. The summed E-state index contributed by atoms with van der Waals surface area (Å²) < 4.78 is 22.8. The number of allylic oxidation sites excluding steroid dienone is 29. The van der Waals surface area contributed by atoms with Gasteiger partial charge in [-0.15, -0.1) is 0 Å². The van der Waals surface area contributed by atoms with E-state index in [1.165, 1.54) is 57.8 Å². The maximum atomic E-state index is 13.3. The second-order valence-corrected chi connectivity index (χ2v) is 24.3. The van der Waals surface area contributed by atoms with E-state index in [-0.39, 0.29) is 18.9 Å². The summed E-state index contributed by atoms with van der Waals surface area (Å²) in [6.45, 7) is 2.62. The fourth-order valence-corrected chi connectivity index (χ4v) is 10.4. The van der Waals surface area contributed by atoms with Gasteiger partial charge in [0.1, 0.15) is 48.8 Å². The third kappa shape index (κ3) is 44.8. The number of hydrogen-bond donors (Lipinski definition) is 9. The molecule has 12 atom stereocenters. The molecule has 0 bridgehead atoms. The van der Waals surface area contributed by atoms with E-state index < -0.39 is 86.8 Å². The molecule has 9 N–H and O–H groups in total. The second kappa shape index (κ2) is 61.7. The molecule has 0 saturated carbocycles. The largest absolute Gasteiger partial charge is 0.394 e. The Bertz CT molecular complexity index is 2280. The van der Waals surface area contributed by atoms with Crippen molar-refractivity contribution in [2.24, 2.45) is 0 Å². The molecule has 2 fully saturated rings. The monoisotopic (exact) mass is 1310 g/mol. The first-order valence-electron chi connectivity index (χ1n) is 36.0. The van der Waals surface area contributed by atoms with Gasteiger partial charge in [0.25, 0.3) is 0 Å². The van der Waals surface area contributed by atoms with E-state index in [2.05, 4.69) is 189 Å². The molecule has 0 radical (unpaired) electrons. The number of aliphatic hydroxyl groups excluding tert-OH is 8. The number of ether oxygens (including phenoxy) is 4. The molecule has 0 aromatic heterocycles. The average molecular weight is 1310 g/mol. The van der Waals surface area contributed by atoms with Gasteiger partial charge in [-0.05, 0) is 135 Å². The molecule has 14 nitrogen and oxygen atoms in total. The van der Waals surface area contributed by atoms with Crippen molar-refractivity contribution >= 4 is 5.91 Å². The third-order valence-corrected chi connectivity index (χ3v) is 16.1. The highest BCUT2D eigenvalue weighted by Crippen LogP contribution is 2.30. The molecule has 12 unspecified atom stereocenters. The van der Waals surface area contributed by atoms with Crippen molar-refractivity contribution in [1.29, 1.82) is 0 Å². The summed E-state index contributed by atoms with van der Waals surface area (Å²) in [5.74, 6) is -0.285. The lowest BCUT2D eigenvalue weighted by molar-refractivity contribution is -0.359. The van der Waals surface area contributed by atoms with Gasteiger partial charge in [0, 0.05) is 6.42 Å². The zero-order valence-corrected chi connectivity index (χ0v) is 57.6. The lowest BCUT2D eigenvalue weighted by Gasteiger charge is -2.46. The lowest BCUT2D eigenvalue weighted by Crippen LogP contribution is -2.65. The highest BCUT2D eigenvalue weighted by atomic mass is 16.7. The Morgan fingerprint density at radius 3 is 1.17 bits per heavy atom. The van der Waals surface area contributed by atoms with Crippen LogP contribution in [-0.4, -0.2) is 140 Å². The molecule has 2 aliphatic rings. The fraction of sp³-hybridized carbons (Fsp3) is 0.613. The van der Waals surface area contributed by atoms with Crippen LogP contribution in [0.2, 0.25) is 0 Å². The van der Waals surface area contributed by atoms with Crippen molar-refractivity contribution in [3.05, 3.63) is 182 Å². The van der Waals surface area contributed by atoms with Crippen LogP contribution in [0.4, 0.5) is 0 Å². The second-order valence-electron chi connectivity index (χ2n) is 24.3. The normalized spacial score (nSPS) is 23.6. The third-order valence-electron chi connectivity index (χ3n) is 16.1. The maximum Gasteiger partial charge on any atom is 0.220 e. The topological polar surface area (TPSA) is 228 Å². The van der Waals surface area contributed by atoms with Crippen LogP contribution in [0.3, 0.4) is 0 Å². The first-order chi connectivity index (χ1) is 46.1. The highest BCUT2D eigenvalue weighted by Gasteiger charge is 2.51. The Hall–Kier alpha value is -4.91. The molecule has 0 aromatic carbocycles. The van der Waals surface area contributed by atoms with Gasteiger partial charge in [-0.25, -0.2) is 0 Å². The maximum absolute atomic E-state index is 13.3. The smallest absolute Gasteiger partial charge is 0.220 e. The Labute approximate surface area is 568 Å². The summed E-state index contributed by atoms with van der Waals surface area (Å²) in [5.41, 5.74) is 0. The van der Waals surface area contributed by atoms with Crippen molar-refractivity contribution in [1.82, 2.24) is 5.32 Å². The highest BCUT2D eigenvalue weighted by molar-refractivity contribution is 5.76. The zero-order valence-electron chi connectivity index (χ0n) is 57.6. The summed E-state index contributed by atoms with van der Waals surface area (Å²) >= 11 is 0. The van der Waals surface area contributed by atoms with Crippen molar-refractivity contribution in [3.8, 4) is 0 Å². The minimum absolute atomic E-state index is 0.228. The van der Waals surface area contributed by atoms with Crippen LogP contribution in [0.5, 0.6) is 0 Å². The van der Waals surface area contributed by atoms with Crippen LogP contribution in [0, 0.1) is 0 Å². The molecule has 94 heavy (non-hydrogen) atoms.